The zero-order valence-corrected chi connectivity index (χ0v) is 17.4. The summed E-state index contributed by atoms with van der Waals surface area (Å²) in [5, 5.41) is 6.23. The maximum atomic E-state index is 13.4. The number of para-hydroxylation sites is 1. The molecule has 0 saturated carbocycles. The van der Waals surface area contributed by atoms with Crippen LogP contribution in [0.2, 0.25) is 0 Å². The quantitative estimate of drug-likeness (QED) is 0.691. The minimum atomic E-state index is -0.892. The molecule has 3 atom stereocenters. The third-order valence-electron chi connectivity index (χ3n) is 5.29. The minimum absolute atomic E-state index is 0.0735. The Balaban J connectivity index is 1.76. The summed E-state index contributed by atoms with van der Waals surface area (Å²) in [5.74, 6) is -0.702. The van der Waals surface area contributed by atoms with Gasteiger partial charge in [0.1, 0.15) is 17.7 Å². The monoisotopic (exact) mass is 414 g/mol. The predicted molar refractivity (Wildman–Crippen MR) is 109 cm³/mol. The Morgan fingerprint density at radius 1 is 1.27 bits per heavy atom. The standard InChI is InChI=1S/C21H26N4O5/c1-21(2,3)30-20(28)24-14-9-12-11-7-5-6-8-13(11)23-16(12)19-25(18(14)27)15(10-29-19)17(26)22-4/h5-8,14-15,19,23H,9-10H2,1-4H3,(H,22,26)(H,24,28)/t14-,15-,19-/m0/s1. The summed E-state index contributed by atoms with van der Waals surface area (Å²) < 4.78 is 11.3. The van der Waals surface area contributed by atoms with Crippen LogP contribution in [0.5, 0.6) is 0 Å². The van der Waals surface area contributed by atoms with Crippen LogP contribution in [0.25, 0.3) is 10.9 Å². The van der Waals surface area contributed by atoms with Gasteiger partial charge in [-0.2, -0.15) is 0 Å². The first-order valence-corrected chi connectivity index (χ1v) is 9.94. The number of ether oxygens (including phenoxy) is 2. The number of alkyl carbamates (subject to hydrolysis) is 1. The molecule has 0 bridgehead atoms. The van der Waals surface area contributed by atoms with Crippen molar-refractivity contribution in [2.24, 2.45) is 0 Å². The maximum Gasteiger partial charge on any atom is 0.408 e. The number of aromatic amines is 1. The molecule has 1 saturated heterocycles. The number of H-pyrrole nitrogens is 1. The van der Waals surface area contributed by atoms with E-state index >= 15 is 0 Å². The fraction of sp³-hybridized carbons (Fsp3) is 0.476. The molecule has 2 aliphatic rings. The van der Waals surface area contributed by atoms with E-state index in [1.165, 1.54) is 11.9 Å². The molecule has 30 heavy (non-hydrogen) atoms. The molecule has 160 valence electrons. The van der Waals surface area contributed by atoms with Gasteiger partial charge in [-0.1, -0.05) is 18.2 Å². The zero-order chi connectivity index (χ0) is 21.6. The molecule has 0 radical (unpaired) electrons. The van der Waals surface area contributed by atoms with E-state index in [1.807, 2.05) is 24.3 Å². The molecule has 3 N–H and O–H groups in total. The summed E-state index contributed by atoms with van der Waals surface area (Å²) in [6, 6.07) is 6.06. The van der Waals surface area contributed by atoms with Crippen LogP contribution in [0.4, 0.5) is 4.79 Å². The van der Waals surface area contributed by atoms with Crippen LogP contribution in [-0.2, 0) is 25.5 Å². The van der Waals surface area contributed by atoms with Gasteiger partial charge in [-0.15, -0.1) is 0 Å². The predicted octanol–water partition coefficient (Wildman–Crippen LogP) is 1.59. The summed E-state index contributed by atoms with van der Waals surface area (Å²) in [6.07, 6.45) is -1.15. The van der Waals surface area contributed by atoms with E-state index in [0.717, 1.165) is 22.2 Å². The highest BCUT2D eigenvalue weighted by Crippen LogP contribution is 2.39. The molecular formula is C21H26N4O5. The molecule has 9 nitrogen and oxygen atoms in total. The van der Waals surface area contributed by atoms with E-state index in [0.29, 0.717) is 0 Å². The van der Waals surface area contributed by atoms with Crippen molar-refractivity contribution in [3.05, 3.63) is 35.5 Å². The number of nitrogens with one attached hydrogen (secondary N) is 3. The lowest BCUT2D eigenvalue weighted by Gasteiger charge is -2.29. The molecule has 2 aliphatic heterocycles. The highest BCUT2D eigenvalue weighted by atomic mass is 16.6. The first-order chi connectivity index (χ1) is 14.2. The van der Waals surface area contributed by atoms with Gasteiger partial charge in [0.25, 0.3) is 0 Å². The number of carbonyl (C=O) groups is 3. The number of nitrogens with zero attached hydrogens (tertiary/aromatic N) is 1. The Morgan fingerprint density at radius 3 is 2.70 bits per heavy atom. The number of benzene rings is 1. The highest BCUT2D eigenvalue weighted by molar-refractivity contribution is 5.94. The first kappa shape index (κ1) is 20.2. The summed E-state index contributed by atoms with van der Waals surface area (Å²) in [7, 11) is 1.52. The van der Waals surface area contributed by atoms with E-state index in [2.05, 4.69) is 15.6 Å². The third kappa shape index (κ3) is 3.49. The van der Waals surface area contributed by atoms with Gasteiger partial charge in [-0.3, -0.25) is 14.5 Å². The van der Waals surface area contributed by atoms with Crippen LogP contribution in [0, 0.1) is 0 Å². The highest BCUT2D eigenvalue weighted by Gasteiger charge is 2.48. The van der Waals surface area contributed by atoms with E-state index in [9.17, 15) is 14.4 Å². The lowest BCUT2D eigenvalue weighted by Crippen LogP contribution is -2.54. The molecule has 9 heteroatoms. The molecule has 0 aliphatic carbocycles. The van der Waals surface area contributed by atoms with Gasteiger partial charge in [-0.05, 0) is 32.4 Å². The Kier molecular flexibility index (Phi) is 4.93. The molecule has 3 heterocycles. The van der Waals surface area contributed by atoms with Crippen molar-refractivity contribution in [2.45, 2.75) is 51.1 Å². The lowest BCUT2D eigenvalue weighted by molar-refractivity contribution is -0.144. The molecule has 1 aromatic heterocycles. The molecule has 1 aromatic carbocycles. The van der Waals surface area contributed by atoms with Crippen molar-refractivity contribution in [1.29, 1.82) is 0 Å². The number of carbonyl (C=O) groups excluding carboxylic acids is 3. The average molecular weight is 414 g/mol. The first-order valence-electron chi connectivity index (χ1n) is 9.94. The van der Waals surface area contributed by atoms with Crippen molar-refractivity contribution in [1.82, 2.24) is 20.5 Å². The average Bonchev–Trinajstić information content (AvgIpc) is 3.24. The van der Waals surface area contributed by atoms with Crippen molar-refractivity contribution in [2.75, 3.05) is 13.7 Å². The second-order valence-corrected chi connectivity index (χ2v) is 8.53. The summed E-state index contributed by atoms with van der Waals surface area (Å²) in [5.41, 5.74) is 1.81. The molecule has 0 spiro atoms. The summed E-state index contributed by atoms with van der Waals surface area (Å²) >= 11 is 0. The number of rotatable bonds is 2. The van der Waals surface area contributed by atoms with Crippen LogP contribution in [0.15, 0.2) is 24.3 Å². The van der Waals surface area contributed by atoms with Gasteiger partial charge in [0.15, 0.2) is 6.23 Å². The van der Waals surface area contributed by atoms with Crippen LogP contribution in [-0.4, -0.2) is 59.1 Å². The van der Waals surface area contributed by atoms with Crippen LogP contribution in [0.3, 0.4) is 0 Å². The normalized spacial score (nSPS) is 23.5. The van der Waals surface area contributed by atoms with Gasteiger partial charge >= 0.3 is 6.09 Å². The van der Waals surface area contributed by atoms with Crippen LogP contribution >= 0.6 is 0 Å². The Morgan fingerprint density at radius 2 is 2.00 bits per heavy atom. The number of aromatic nitrogens is 1. The van der Waals surface area contributed by atoms with Gasteiger partial charge in [0, 0.05) is 24.4 Å². The number of hydrogen-bond donors (Lipinski definition) is 3. The van der Waals surface area contributed by atoms with E-state index < -0.39 is 30.0 Å². The van der Waals surface area contributed by atoms with Gasteiger partial charge in [0.05, 0.1) is 12.3 Å². The zero-order valence-electron chi connectivity index (χ0n) is 17.4. The topological polar surface area (TPSA) is 113 Å². The maximum absolute atomic E-state index is 13.4. The van der Waals surface area contributed by atoms with Crippen molar-refractivity contribution in [3.63, 3.8) is 0 Å². The van der Waals surface area contributed by atoms with Gasteiger partial charge in [0.2, 0.25) is 11.8 Å². The number of fused-ring (bicyclic) bond motifs is 5. The van der Waals surface area contributed by atoms with Crippen molar-refractivity contribution in [3.8, 4) is 0 Å². The number of likely N-dealkylation sites (N-methyl/N-ethyl adjacent to an activating group) is 1. The molecule has 0 unspecified atom stereocenters. The van der Waals surface area contributed by atoms with Crippen molar-refractivity contribution < 1.29 is 23.9 Å². The minimum Gasteiger partial charge on any atom is -0.444 e. The fourth-order valence-electron chi connectivity index (χ4n) is 4.05. The van der Waals surface area contributed by atoms with E-state index in [4.69, 9.17) is 9.47 Å². The second-order valence-electron chi connectivity index (χ2n) is 8.53. The van der Waals surface area contributed by atoms with E-state index in [-0.39, 0.29) is 24.8 Å². The smallest absolute Gasteiger partial charge is 0.408 e. The van der Waals surface area contributed by atoms with Gasteiger partial charge < -0.3 is 25.1 Å². The van der Waals surface area contributed by atoms with Crippen molar-refractivity contribution >= 4 is 28.8 Å². The molecular weight excluding hydrogens is 388 g/mol. The number of hydrogen-bond acceptors (Lipinski definition) is 5. The Labute approximate surface area is 174 Å². The van der Waals surface area contributed by atoms with Gasteiger partial charge in [-0.25, -0.2) is 4.79 Å². The van der Waals surface area contributed by atoms with Crippen LogP contribution < -0.4 is 10.6 Å². The second kappa shape index (κ2) is 7.32. The molecule has 1 fully saturated rings. The third-order valence-corrected chi connectivity index (χ3v) is 5.29. The molecule has 2 aromatic rings. The van der Waals surface area contributed by atoms with Crippen LogP contribution in [0.1, 0.15) is 38.3 Å². The summed E-state index contributed by atoms with van der Waals surface area (Å²) in [4.78, 5) is 43.1. The fourth-order valence-corrected chi connectivity index (χ4v) is 4.05. The Bertz CT molecular complexity index is 1010. The SMILES string of the molecule is CNC(=O)[C@@H]1CO[C@H]2c3[nH]c4ccccc4c3C[C@H](NC(=O)OC(C)(C)C)C(=O)N12. The largest absolute Gasteiger partial charge is 0.444 e. The molecule has 4 rings (SSSR count). The Hall–Kier alpha value is -3.07. The summed E-state index contributed by atoms with van der Waals surface area (Å²) in [6.45, 7) is 5.34. The van der Waals surface area contributed by atoms with E-state index in [1.54, 1.807) is 20.8 Å². The number of amides is 3. The lowest BCUT2D eigenvalue weighted by atomic mass is 10.0. The molecule has 3 amide bonds.